The van der Waals surface area contributed by atoms with E-state index in [-0.39, 0.29) is 16.0 Å². The summed E-state index contributed by atoms with van der Waals surface area (Å²) in [5, 5.41) is 6.17. The predicted octanol–water partition coefficient (Wildman–Crippen LogP) is 3.32. The lowest BCUT2D eigenvalue weighted by Crippen LogP contribution is -2.30. The molecule has 174 valence electrons. The van der Waals surface area contributed by atoms with E-state index in [2.05, 4.69) is 55.8 Å². The van der Waals surface area contributed by atoms with Crippen LogP contribution >= 0.6 is 38.9 Å². The third-order valence-electron chi connectivity index (χ3n) is 5.03. The van der Waals surface area contributed by atoms with Crippen molar-refractivity contribution in [3.05, 3.63) is 50.3 Å². The van der Waals surface area contributed by atoms with Gasteiger partial charge in [0.05, 0.1) is 6.54 Å². The molecule has 0 aliphatic carbocycles. The molecule has 1 aliphatic rings. The van der Waals surface area contributed by atoms with Crippen LogP contribution in [0.5, 0.6) is 0 Å². The molecule has 2 aromatic rings. The summed E-state index contributed by atoms with van der Waals surface area (Å²) in [5.41, 5.74) is 2.25. The molecule has 11 heteroatoms. The van der Waals surface area contributed by atoms with Crippen LogP contribution in [0, 0.1) is 0 Å². The topological polar surface area (TPSA) is 90.9 Å². The first-order valence-corrected chi connectivity index (χ1v) is 13.9. The highest BCUT2D eigenvalue weighted by molar-refractivity contribution is 9.10. The molecular formula is C21H26BrClN4O3S2. The number of thiophene rings is 1. The van der Waals surface area contributed by atoms with Gasteiger partial charge in [0.15, 0.2) is 0 Å². The largest absolute Gasteiger partial charge is 0.368 e. The van der Waals surface area contributed by atoms with Crippen LogP contribution in [0.3, 0.4) is 0 Å². The summed E-state index contributed by atoms with van der Waals surface area (Å²) in [5.74, 6) is 0.806. The Bertz CT molecular complexity index is 1050. The summed E-state index contributed by atoms with van der Waals surface area (Å²) in [4.78, 5) is 18.5. The van der Waals surface area contributed by atoms with Crippen LogP contribution in [-0.2, 0) is 21.1 Å². The van der Waals surface area contributed by atoms with Crippen molar-refractivity contribution in [2.75, 3.05) is 39.1 Å². The average Bonchev–Trinajstić information content (AvgIpc) is 3.42. The van der Waals surface area contributed by atoms with Gasteiger partial charge in [0.2, 0.25) is 15.7 Å². The van der Waals surface area contributed by atoms with Crippen LogP contribution in [0.15, 0.2) is 44.0 Å². The van der Waals surface area contributed by atoms with Gasteiger partial charge in [-0.05, 0) is 46.9 Å². The Morgan fingerprint density at radius 3 is 2.72 bits per heavy atom. The lowest BCUT2D eigenvalue weighted by molar-refractivity contribution is -0.129. The van der Waals surface area contributed by atoms with E-state index in [1.54, 1.807) is 11.9 Å². The number of amidine groups is 1. The number of amides is 1. The molecule has 1 amide bonds. The lowest BCUT2D eigenvalue weighted by Gasteiger charge is -2.17. The van der Waals surface area contributed by atoms with Gasteiger partial charge < -0.3 is 15.5 Å². The van der Waals surface area contributed by atoms with Crippen molar-refractivity contribution in [2.45, 2.75) is 23.5 Å². The highest BCUT2D eigenvalue weighted by Crippen LogP contribution is 2.34. The summed E-state index contributed by atoms with van der Waals surface area (Å²) in [6, 6.07) is 9.75. The highest BCUT2D eigenvalue weighted by Gasteiger charge is 2.19. The van der Waals surface area contributed by atoms with E-state index in [0.717, 1.165) is 42.2 Å². The summed E-state index contributed by atoms with van der Waals surface area (Å²) in [6.45, 7) is 2.78. The molecule has 0 spiro atoms. The van der Waals surface area contributed by atoms with Crippen LogP contribution in [-0.4, -0.2) is 64.2 Å². The number of nitrogens with one attached hydrogen (secondary N) is 2. The van der Waals surface area contributed by atoms with E-state index in [9.17, 15) is 13.2 Å². The average molecular weight is 562 g/mol. The maximum atomic E-state index is 12.4. The van der Waals surface area contributed by atoms with Gasteiger partial charge in [0, 0.05) is 36.6 Å². The van der Waals surface area contributed by atoms with Crippen LogP contribution in [0.1, 0.15) is 24.0 Å². The van der Waals surface area contributed by atoms with Gasteiger partial charge in [-0.2, -0.15) is 0 Å². The Kier molecular flexibility index (Phi) is 9.13. The molecule has 7 nitrogen and oxygen atoms in total. The zero-order chi connectivity index (χ0) is 23.1. The van der Waals surface area contributed by atoms with Gasteiger partial charge >= 0.3 is 0 Å². The minimum atomic E-state index is -3.44. The molecule has 1 aliphatic heterocycles. The van der Waals surface area contributed by atoms with Crippen molar-refractivity contribution in [1.82, 2.24) is 15.5 Å². The van der Waals surface area contributed by atoms with Gasteiger partial charge in [-0.25, -0.2) is 8.42 Å². The number of benzene rings is 1. The Hall–Kier alpha value is -1.46. The van der Waals surface area contributed by atoms with Gasteiger partial charge in [0.1, 0.15) is 20.3 Å². The van der Waals surface area contributed by atoms with E-state index in [4.69, 9.17) is 11.6 Å². The van der Waals surface area contributed by atoms with Gasteiger partial charge in [-0.1, -0.05) is 35.9 Å². The first-order chi connectivity index (χ1) is 15.3. The smallest absolute Gasteiger partial charge is 0.222 e. The van der Waals surface area contributed by atoms with E-state index in [1.165, 1.54) is 11.6 Å². The number of sulfone groups is 1. The Balaban J connectivity index is 1.34. The number of nitrogens with zero attached hydrogens (tertiary/aromatic N) is 2. The summed E-state index contributed by atoms with van der Waals surface area (Å²) >= 11 is 10.2. The van der Waals surface area contributed by atoms with Crippen molar-refractivity contribution in [3.8, 4) is 0 Å². The quantitative estimate of drug-likeness (QED) is 0.411. The van der Waals surface area contributed by atoms with Crippen molar-refractivity contribution in [2.24, 2.45) is 4.99 Å². The lowest BCUT2D eigenvalue weighted by atomic mass is 10.1. The first-order valence-electron chi connectivity index (χ1n) is 10.3. The SMILES string of the molecule is CN(CCc1ccc(C2=NCCN2)cc1)C(=O)CCCNCS(=O)(=O)c1cc(Br)c(Cl)s1. The van der Waals surface area contributed by atoms with Crippen LogP contribution < -0.4 is 10.6 Å². The first kappa shape index (κ1) is 25.2. The van der Waals surface area contributed by atoms with Crippen molar-refractivity contribution in [1.29, 1.82) is 0 Å². The molecule has 0 radical (unpaired) electrons. The second kappa shape index (κ2) is 11.6. The number of hydrogen-bond acceptors (Lipinski definition) is 7. The standard InChI is InChI=1S/C21H26BrClN4O3S2/c1-27(12-8-15-4-6-16(7-5-15)21-25-10-11-26-21)18(28)3-2-9-24-14-32(29,30)19-13-17(22)20(23)31-19/h4-7,13,24H,2-3,8-12,14H2,1H3,(H,25,26). The van der Waals surface area contributed by atoms with Gasteiger partial charge in [-0.15, -0.1) is 11.3 Å². The van der Waals surface area contributed by atoms with Crippen LogP contribution in [0.2, 0.25) is 4.34 Å². The molecule has 0 fully saturated rings. The number of hydrogen-bond donors (Lipinski definition) is 2. The third-order valence-corrected chi connectivity index (χ3v) is 9.62. The van der Waals surface area contributed by atoms with Gasteiger partial charge in [0.25, 0.3) is 0 Å². The van der Waals surface area contributed by atoms with Crippen molar-refractivity contribution in [3.63, 3.8) is 0 Å². The maximum absolute atomic E-state index is 12.4. The summed E-state index contributed by atoms with van der Waals surface area (Å²) in [7, 11) is -1.64. The van der Waals surface area contributed by atoms with E-state index in [0.29, 0.717) is 34.7 Å². The Morgan fingerprint density at radius 2 is 2.09 bits per heavy atom. The van der Waals surface area contributed by atoms with E-state index >= 15 is 0 Å². The molecule has 0 atom stereocenters. The molecule has 2 N–H and O–H groups in total. The minimum absolute atomic E-state index is 0.0461. The zero-order valence-corrected chi connectivity index (χ0v) is 21.7. The predicted molar refractivity (Wildman–Crippen MR) is 134 cm³/mol. The number of rotatable bonds is 11. The molecule has 3 rings (SSSR count). The number of carbonyl (C=O) groups excluding carboxylic acids is 1. The van der Waals surface area contributed by atoms with Crippen LogP contribution in [0.25, 0.3) is 0 Å². The highest BCUT2D eigenvalue weighted by atomic mass is 79.9. The Labute approximate surface area is 206 Å². The normalized spacial score (nSPS) is 13.7. The molecule has 2 heterocycles. The zero-order valence-electron chi connectivity index (χ0n) is 17.7. The number of halogens is 2. The number of carbonyl (C=O) groups is 1. The molecule has 0 saturated heterocycles. The van der Waals surface area contributed by atoms with Crippen molar-refractivity contribution < 1.29 is 13.2 Å². The molecule has 0 saturated carbocycles. The second-order valence-corrected chi connectivity index (χ2v) is 12.2. The van der Waals surface area contributed by atoms with Crippen LogP contribution in [0.4, 0.5) is 0 Å². The van der Waals surface area contributed by atoms with E-state index < -0.39 is 9.84 Å². The summed E-state index contributed by atoms with van der Waals surface area (Å²) in [6.07, 6.45) is 1.71. The molecule has 1 aromatic carbocycles. The molecule has 32 heavy (non-hydrogen) atoms. The molecular weight excluding hydrogens is 536 g/mol. The maximum Gasteiger partial charge on any atom is 0.222 e. The molecule has 1 aromatic heterocycles. The minimum Gasteiger partial charge on any atom is -0.368 e. The fourth-order valence-electron chi connectivity index (χ4n) is 3.16. The van der Waals surface area contributed by atoms with E-state index in [1.807, 2.05) is 0 Å². The third kappa shape index (κ3) is 7.02. The second-order valence-electron chi connectivity index (χ2n) is 7.47. The monoisotopic (exact) mass is 560 g/mol. The molecule has 0 unspecified atom stereocenters. The fraction of sp³-hybridized carbons (Fsp3) is 0.429. The summed E-state index contributed by atoms with van der Waals surface area (Å²) < 4.78 is 25.8. The fourth-order valence-corrected chi connectivity index (χ4v) is 6.67. The number of likely N-dealkylation sites (N-methyl/N-ethyl adjacent to an activating group) is 1. The van der Waals surface area contributed by atoms with Crippen molar-refractivity contribution >= 4 is 60.4 Å². The number of aliphatic imine (C=N–C) groups is 1. The molecule has 0 bridgehead atoms. The Morgan fingerprint density at radius 1 is 1.34 bits per heavy atom. The van der Waals surface area contributed by atoms with Gasteiger partial charge in [-0.3, -0.25) is 9.79 Å².